The summed E-state index contributed by atoms with van der Waals surface area (Å²) in [6.45, 7) is 7.53. The molecule has 2 aromatic carbocycles. The molecule has 0 saturated heterocycles. The Hall–Kier alpha value is -2.81. The van der Waals surface area contributed by atoms with Crippen LogP contribution in [-0.4, -0.2) is 36.3 Å². The van der Waals surface area contributed by atoms with E-state index < -0.39 is 15.9 Å². The highest BCUT2D eigenvalue weighted by molar-refractivity contribution is 7.89. The van der Waals surface area contributed by atoms with Gasteiger partial charge >= 0.3 is 0 Å². The molecule has 0 radical (unpaired) electrons. The van der Waals surface area contributed by atoms with Gasteiger partial charge in [-0.05, 0) is 36.4 Å². The molecule has 0 saturated carbocycles. The van der Waals surface area contributed by atoms with E-state index in [4.69, 9.17) is 0 Å². The zero-order valence-electron chi connectivity index (χ0n) is 16.0. The van der Waals surface area contributed by atoms with E-state index in [1.165, 1.54) is 52.1 Å². The van der Waals surface area contributed by atoms with Gasteiger partial charge in [-0.25, -0.2) is 8.42 Å². The lowest BCUT2D eigenvalue weighted by atomic mass is 10.2. The van der Waals surface area contributed by atoms with Gasteiger partial charge < -0.3 is 4.57 Å². The number of amides is 1. The fourth-order valence-electron chi connectivity index (χ4n) is 2.82. The summed E-state index contributed by atoms with van der Waals surface area (Å²) in [6.07, 6.45) is 3.03. The third-order valence-corrected chi connectivity index (χ3v) is 7.28. The zero-order chi connectivity index (χ0) is 21.0. The van der Waals surface area contributed by atoms with Crippen molar-refractivity contribution in [3.8, 4) is 0 Å². The summed E-state index contributed by atoms with van der Waals surface area (Å²) >= 11 is 1.42. The van der Waals surface area contributed by atoms with Gasteiger partial charge in [-0.1, -0.05) is 35.6 Å². The first kappa shape index (κ1) is 20.9. The van der Waals surface area contributed by atoms with Crippen LogP contribution in [0.3, 0.4) is 0 Å². The summed E-state index contributed by atoms with van der Waals surface area (Å²) in [7, 11) is -1.85. The second-order valence-corrected chi connectivity index (χ2v) is 9.20. The lowest BCUT2D eigenvalue weighted by Gasteiger charge is -2.19. The topological polar surface area (TPSA) is 71.7 Å². The molecule has 6 nitrogen and oxygen atoms in total. The Balaban J connectivity index is 1.91. The minimum Gasteiger partial charge on any atom is -0.319 e. The molecule has 1 aromatic heterocycles. The van der Waals surface area contributed by atoms with E-state index in [0.29, 0.717) is 10.4 Å². The smallest absolute Gasteiger partial charge is 0.279 e. The average molecular weight is 428 g/mol. The summed E-state index contributed by atoms with van der Waals surface area (Å²) in [5.74, 6) is -0.426. The SMILES string of the molecule is C=CCN(CC=C)S(=O)(=O)c1ccc(C(=O)N=c2sc3ccccc3n2C)cc1. The maximum atomic E-state index is 12.7. The minimum absolute atomic E-state index is 0.102. The van der Waals surface area contributed by atoms with Crippen LogP contribution < -0.4 is 4.80 Å². The molecule has 0 fully saturated rings. The maximum Gasteiger partial charge on any atom is 0.279 e. The van der Waals surface area contributed by atoms with Crippen molar-refractivity contribution in [1.29, 1.82) is 0 Å². The quantitative estimate of drug-likeness (QED) is 0.543. The van der Waals surface area contributed by atoms with Gasteiger partial charge in [-0.15, -0.1) is 13.2 Å². The van der Waals surface area contributed by atoms with Crippen molar-refractivity contribution in [2.45, 2.75) is 4.90 Å². The van der Waals surface area contributed by atoms with Crippen LogP contribution in [0.25, 0.3) is 10.2 Å². The van der Waals surface area contributed by atoms with Gasteiger partial charge in [-0.3, -0.25) is 4.79 Å². The number of para-hydroxylation sites is 1. The van der Waals surface area contributed by atoms with Crippen molar-refractivity contribution in [1.82, 2.24) is 8.87 Å². The van der Waals surface area contributed by atoms with Crippen LogP contribution in [0.5, 0.6) is 0 Å². The molecule has 0 aliphatic heterocycles. The van der Waals surface area contributed by atoms with Gasteiger partial charge in [0, 0.05) is 25.7 Å². The van der Waals surface area contributed by atoms with Crippen LogP contribution in [0.1, 0.15) is 10.4 Å². The molecule has 1 heterocycles. The fraction of sp³-hybridized carbons (Fsp3) is 0.143. The molecule has 0 aliphatic rings. The molecule has 8 heteroatoms. The van der Waals surface area contributed by atoms with Crippen molar-refractivity contribution in [3.63, 3.8) is 0 Å². The van der Waals surface area contributed by atoms with Crippen LogP contribution >= 0.6 is 11.3 Å². The molecular weight excluding hydrogens is 406 g/mol. The monoisotopic (exact) mass is 427 g/mol. The Kier molecular flexibility index (Phi) is 6.26. The van der Waals surface area contributed by atoms with Gasteiger partial charge in [0.2, 0.25) is 10.0 Å². The van der Waals surface area contributed by atoms with Crippen molar-refractivity contribution >= 4 is 37.5 Å². The number of benzene rings is 2. The molecule has 150 valence electrons. The lowest BCUT2D eigenvalue weighted by Crippen LogP contribution is -2.31. The van der Waals surface area contributed by atoms with Crippen molar-refractivity contribution in [2.75, 3.05) is 13.1 Å². The number of carbonyl (C=O) groups excluding carboxylic acids is 1. The van der Waals surface area contributed by atoms with Gasteiger partial charge in [0.25, 0.3) is 5.91 Å². The molecule has 3 rings (SSSR count). The highest BCUT2D eigenvalue weighted by Gasteiger charge is 2.22. The molecule has 0 aliphatic carbocycles. The molecule has 29 heavy (non-hydrogen) atoms. The number of carbonyl (C=O) groups is 1. The van der Waals surface area contributed by atoms with Crippen molar-refractivity contribution in [2.24, 2.45) is 12.0 Å². The Morgan fingerprint density at radius 2 is 1.72 bits per heavy atom. The number of fused-ring (bicyclic) bond motifs is 1. The van der Waals surface area contributed by atoms with E-state index in [9.17, 15) is 13.2 Å². The molecular formula is C21H21N3O3S2. The van der Waals surface area contributed by atoms with Crippen LogP contribution in [-0.2, 0) is 17.1 Å². The Morgan fingerprint density at radius 3 is 2.31 bits per heavy atom. The van der Waals surface area contributed by atoms with E-state index >= 15 is 0 Å². The minimum atomic E-state index is -3.70. The average Bonchev–Trinajstić information content (AvgIpc) is 3.03. The second kappa shape index (κ2) is 8.69. The summed E-state index contributed by atoms with van der Waals surface area (Å²) < 4.78 is 29.6. The van der Waals surface area contributed by atoms with Crippen LogP contribution in [0.15, 0.2) is 83.7 Å². The first-order valence-electron chi connectivity index (χ1n) is 8.84. The number of hydrogen-bond donors (Lipinski definition) is 0. The van der Waals surface area contributed by atoms with Crippen molar-refractivity contribution < 1.29 is 13.2 Å². The van der Waals surface area contributed by atoms with Gasteiger partial charge in [0.1, 0.15) is 0 Å². The Morgan fingerprint density at radius 1 is 1.10 bits per heavy atom. The van der Waals surface area contributed by atoms with E-state index in [-0.39, 0.29) is 18.0 Å². The molecule has 3 aromatic rings. The second-order valence-electron chi connectivity index (χ2n) is 6.25. The summed E-state index contributed by atoms with van der Waals surface area (Å²) in [4.78, 5) is 17.5. The predicted molar refractivity (Wildman–Crippen MR) is 116 cm³/mol. The number of rotatable bonds is 7. The fourth-order valence-corrected chi connectivity index (χ4v) is 5.22. The maximum absolute atomic E-state index is 12.7. The third kappa shape index (κ3) is 4.29. The van der Waals surface area contributed by atoms with E-state index in [1.807, 2.05) is 35.9 Å². The van der Waals surface area contributed by atoms with Crippen LogP contribution in [0.4, 0.5) is 0 Å². The standard InChI is InChI=1S/C21H21N3O3S2/c1-4-14-24(15-5-2)29(26,27)17-12-10-16(11-13-17)20(25)22-21-23(3)18-8-6-7-9-19(18)28-21/h4-13H,1-2,14-15H2,3H3. The first-order chi connectivity index (χ1) is 13.9. The molecule has 0 N–H and O–H groups in total. The van der Waals surface area contributed by atoms with Crippen LogP contribution in [0.2, 0.25) is 0 Å². The highest BCUT2D eigenvalue weighted by Crippen LogP contribution is 2.18. The molecule has 0 spiro atoms. The Bertz CT molecular complexity index is 1230. The summed E-state index contributed by atoms with van der Waals surface area (Å²) in [5, 5.41) is 0. The zero-order valence-corrected chi connectivity index (χ0v) is 17.6. The van der Waals surface area contributed by atoms with Crippen molar-refractivity contribution in [3.05, 3.63) is 84.2 Å². The highest BCUT2D eigenvalue weighted by atomic mass is 32.2. The predicted octanol–water partition coefficient (Wildman–Crippen LogP) is 3.34. The largest absolute Gasteiger partial charge is 0.319 e. The van der Waals surface area contributed by atoms with Crippen LogP contribution in [0, 0.1) is 0 Å². The van der Waals surface area contributed by atoms with Gasteiger partial charge in [0.05, 0.1) is 15.1 Å². The molecule has 1 amide bonds. The summed E-state index contributed by atoms with van der Waals surface area (Å²) in [6, 6.07) is 13.6. The number of aryl methyl sites for hydroxylation is 1. The molecule has 0 atom stereocenters. The first-order valence-corrected chi connectivity index (χ1v) is 11.1. The van der Waals surface area contributed by atoms with E-state index in [0.717, 1.165) is 10.2 Å². The lowest BCUT2D eigenvalue weighted by molar-refractivity contribution is 0.0998. The van der Waals surface area contributed by atoms with E-state index in [2.05, 4.69) is 18.2 Å². The number of sulfonamides is 1. The normalized spacial score (nSPS) is 12.4. The number of aromatic nitrogens is 1. The molecule has 0 unspecified atom stereocenters. The molecule has 0 bridgehead atoms. The number of nitrogens with zero attached hydrogens (tertiary/aromatic N) is 3. The number of thiazole rings is 1. The van der Waals surface area contributed by atoms with Gasteiger partial charge in [-0.2, -0.15) is 9.30 Å². The Labute approximate surface area is 173 Å². The van der Waals surface area contributed by atoms with Gasteiger partial charge in [0.15, 0.2) is 4.80 Å². The van der Waals surface area contributed by atoms with E-state index in [1.54, 1.807) is 0 Å². The number of hydrogen-bond acceptors (Lipinski definition) is 4. The summed E-state index contributed by atoms with van der Waals surface area (Å²) in [5.41, 5.74) is 1.32. The third-order valence-electron chi connectivity index (χ3n) is 4.32.